The second-order valence-electron chi connectivity index (χ2n) is 5.07. The van der Waals surface area contributed by atoms with E-state index >= 15 is 0 Å². The lowest BCUT2D eigenvalue weighted by Crippen LogP contribution is -2.33. The van der Waals surface area contributed by atoms with Gasteiger partial charge in [0, 0.05) is 17.1 Å². The number of nitrogens with one attached hydrogen (secondary N) is 1. The third-order valence-electron chi connectivity index (χ3n) is 3.60. The molecule has 1 heterocycles. The lowest BCUT2D eigenvalue weighted by atomic mass is 10.2. The molecule has 1 saturated carbocycles. The summed E-state index contributed by atoms with van der Waals surface area (Å²) in [5.74, 6) is -0.275. The molecule has 2 aromatic rings. The number of halogens is 1. The summed E-state index contributed by atoms with van der Waals surface area (Å²) < 4.78 is 5.50. The summed E-state index contributed by atoms with van der Waals surface area (Å²) in [6, 6.07) is 6.19. The maximum absolute atomic E-state index is 12.1. The maximum atomic E-state index is 12.1. The van der Waals surface area contributed by atoms with E-state index in [0.717, 1.165) is 25.7 Å². The first kappa shape index (κ1) is 13.2. The Labute approximate surface area is 120 Å². The summed E-state index contributed by atoms with van der Waals surface area (Å²) in [7, 11) is 0. The summed E-state index contributed by atoms with van der Waals surface area (Å²) in [6.07, 6.45) is 4.23. The van der Waals surface area contributed by atoms with E-state index < -0.39 is 0 Å². The van der Waals surface area contributed by atoms with E-state index in [1.807, 2.05) is 0 Å². The average molecular weight is 292 g/mol. The number of rotatable bonds is 2. The van der Waals surface area contributed by atoms with Crippen LogP contribution in [0.3, 0.4) is 0 Å². The molecule has 20 heavy (non-hydrogen) atoms. The third-order valence-corrected chi connectivity index (χ3v) is 3.84. The van der Waals surface area contributed by atoms with Crippen LogP contribution in [0.5, 0.6) is 0 Å². The molecule has 0 bridgehead atoms. The molecule has 0 spiro atoms. The van der Waals surface area contributed by atoms with Gasteiger partial charge in [-0.25, -0.2) is 0 Å². The van der Waals surface area contributed by atoms with Crippen LogP contribution < -0.4 is 10.7 Å². The van der Waals surface area contributed by atoms with Crippen molar-refractivity contribution in [2.45, 2.75) is 31.7 Å². The van der Waals surface area contributed by atoms with Gasteiger partial charge >= 0.3 is 0 Å². The highest BCUT2D eigenvalue weighted by molar-refractivity contribution is 6.31. The molecule has 1 aromatic heterocycles. The van der Waals surface area contributed by atoms with Crippen molar-refractivity contribution < 1.29 is 9.21 Å². The van der Waals surface area contributed by atoms with Crippen LogP contribution in [0.25, 0.3) is 11.0 Å². The van der Waals surface area contributed by atoms with Crippen molar-refractivity contribution in [3.05, 3.63) is 45.3 Å². The average Bonchev–Trinajstić information content (AvgIpc) is 2.92. The molecular formula is C15H14ClNO3. The standard InChI is InChI=1S/C15H14ClNO3/c16-9-5-6-13-11(7-9)12(18)8-14(20-13)15(19)17-10-3-1-2-4-10/h5-8,10H,1-4H2,(H,17,19). The van der Waals surface area contributed by atoms with Crippen LogP contribution in [0.2, 0.25) is 5.02 Å². The van der Waals surface area contributed by atoms with Gasteiger partial charge in [0.25, 0.3) is 5.91 Å². The highest BCUT2D eigenvalue weighted by Gasteiger charge is 2.20. The van der Waals surface area contributed by atoms with E-state index in [-0.39, 0.29) is 23.1 Å². The van der Waals surface area contributed by atoms with Crippen molar-refractivity contribution in [3.63, 3.8) is 0 Å². The minimum Gasteiger partial charge on any atom is -0.451 e. The van der Waals surface area contributed by atoms with Crippen LogP contribution in [0.4, 0.5) is 0 Å². The summed E-state index contributed by atoms with van der Waals surface area (Å²) >= 11 is 5.85. The number of hydrogen-bond acceptors (Lipinski definition) is 3. The van der Waals surface area contributed by atoms with Gasteiger partial charge in [-0.05, 0) is 31.0 Å². The van der Waals surface area contributed by atoms with E-state index in [9.17, 15) is 9.59 Å². The van der Waals surface area contributed by atoms with Crippen LogP contribution in [-0.4, -0.2) is 11.9 Å². The van der Waals surface area contributed by atoms with Gasteiger partial charge in [-0.2, -0.15) is 0 Å². The second kappa shape index (κ2) is 5.29. The molecule has 0 aliphatic heterocycles. The van der Waals surface area contributed by atoms with E-state index in [1.54, 1.807) is 18.2 Å². The Morgan fingerprint density at radius 1 is 1.25 bits per heavy atom. The lowest BCUT2D eigenvalue weighted by Gasteiger charge is -2.11. The van der Waals surface area contributed by atoms with Crippen LogP contribution in [-0.2, 0) is 0 Å². The van der Waals surface area contributed by atoms with Crippen LogP contribution in [0, 0.1) is 0 Å². The summed E-state index contributed by atoms with van der Waals surface area (Å²) in [5.41, 5.74) is 0.115. The first-order valence-electron chi connectivity index (χ1n) is 6.68. The molecule has 0 radical (unpaired) electrons. The Morgan fingerprint density at radius 2 is 2.00 bits per heavy atom. The highest BCUT2D eigenvalue weighted by atomic mass is 35.5. The van der Waals surface area contributed by atoms with Gasteiger partial charge in [0.05, 0.1) is 5.39 Å². The number of carbonyl (C=O) groups is 1. The number of amides is 1. The summed E-state index contributed by atoms with van der Waals surface area (Å²) in [5, 5.41) is 3.75. The number of benzene rings is 1. The summed E-state index contributed by atoms with van der Waals surface area (Å²) in [6.45, 7) is 0. The molecule has 0 atom stereocenters. The van der Waals surface area contributed by atoms with E-state index in [0.29, 0.717) is 16.0 Å². The lowest BCUT2D eigenvalue weighted by molar-refractivity contribution is 0.0910. The van der Waals surface area contributed by atoms with Crippen molar-refractivity contribution in [1.82, 2.24) is 5.32 Å². The third kappa shape index (κ3) is 2.56. The molecule has 1 fully saturated rings. The zero-order valence-electron chi connectivity index (χ0n) is 10.8. The Hall–Kier alpha value is -1.81. The van der Waals surface area contributed by atoms with Crippen LogP contribution in [0.1, 0.15) is 36.2 Å². The largest absolute Gasteiger partial charge is 0.451 e. The van der Waals surface area contributed by atoms with Gasteiger partial charge in [-0.15, -0.1) is 0 Å². The number of fused-ring (bicyclic) bond motifs is 1. The zero-order chi connectivity index (χ0) is 14.1. The van der Waals surface area contributed by atoms with Crippen molar-refractivity contribution >= 4 is 28.5 Å². The summed E-state index contributed by atoms with van der Waals surface area (Å²) in [4.78, 5) is 24.1. The van der Waals surface area contributed by atoms with E-state index in [1.165, 1.54) is 6.07 Å². The van der Waals surface area contributed by atoms with E-state index in [4.69, 9.17) is 16.0 Å². The van der Waals surface area contributed by atoms with Gasteiger partial charge in [0.1, 0.15) is 5.58 Å². The monoisotopic (exact) mass is 291 g/mol. The predicted molar refractivity (Wildman–Crippen MR) is 77.2 cm³/mol. The Balaban J connectivity index is 1.93. The van der Waals surface area contributed by atoms with Gasteiger partial charge in [-0.1, -0.05) is 24.4 Å². The Morgan fingerprint density at radius 3 is 2.75 bits per heavy atom. The fourth-order valence-corrected chi connectivity index (χ4v) is 2.74. The minimum absolute atomic E-state index is 0.0525. The maximum Gasteiger partial charge on any atom is 0.287 e. The topological polar surface area (TPSA) is 59.3 Å². The molecule has 0 unspecified atom stereocenters. The molecule has 3 rings (SSSR count). The highest BCUT2D eigenvalue weighted by Crippen LogP contribution is 2.20. The fourth-order valence-electron chi connectivity index (χ4n) is 2.57. The van der Waals surface area contributed by atoms with Crippen LogP contribution in [0.15, 0.2) is 33.5 Å². The first-order chi connectivity index (χ1) is 9.63. The minimum atomic E-state index is -0.328. The molecule has 104 valence electrons. The molecule has 4 nitrogen and oxygen atoms in total. The molecule has 1 amide bonds. The fraction of sp³-hybridized carbons (Fsp3) is 0.333. The normalized spacial score (nSPS) is 15.7. The number of hydrogen-bond donors (Lipinski definition) is 1. The number of carbonyl (C=O) groups excluding carboxylic acids is 1. The van der Waals surface area contributed by atoms with Gasteiger partial charge in [0.2, 0.25) is 0 Å². The smallest absolute Gasteiger partial charge is 0.287 e. The van der Waals surface area contributed by atoms with E-state index in [2.05, 4.69) is 5.32 Å². The molecule has 0 saturated heterocycles. The van der Waals surface area contributed by atoms with Crippen molar-refractivity contribution in [3.8, 4) is 0 Å². The van der Waals surface area contributed by atoms with Gasteiger partial charge in [-0.3, -0.25) is 9.59 Å². The van der Waals surface area contributed by atoms with Gasteiger partial charge < -0.3 is 9.73 Å². The molecule has 1 aromatic carbocycles. The van der Waals surface area contributed by atoms with Crippen molar-refractivity contribution in [2.75, 3.05) is 0 Å². The first-order valence-corrected chi connectivity index (χ1v) is 7.05. The zero-order valence-corrected chi connectivity index (χ0v) is 11.6. The Bertz CT molecular complexity index is 717. The molecule has 1 aliphatic carbocycles. The quantitative estimate of drug-likeness (QED) is 0.925. The molecule has 5 heteroatoms. The molecular weight excluding hydrogens is 278 g/mol. The molecule has 1 aliphatic rings. The van der Waals surface area contributed by atoms with Crippen molar-refractivity contribution in [2.24, 2.45) is 0 Å². The van der Waals surface area contributed by atoms with Gasteiger partial charge in [0.15, 0.2) is 11.2 Å². The van der Waals surface area contributed by atoms with Crippen molar-refractivity contribution in [1.29, 1.82) is 0 Å². The predicted octanol–water partition coefficient (Wildman–Crippen LogP) is 3.12. The molecule has 1 N–H and O–H groups in total. The Kier molecular flexibility index (Phi) is 3.49. The SMILES string of the molecule is O=C(NC1CCCC1)c1cc(=O)c2cc(Cl)ccc2o1. The van der Waals surface area contributed by atoms with Crippen LogP contribution >= 0.6 is 11.6 Å². The second-order valence-corrected chi connectivity index (χ2v) is 5.51.